The van der Waals surface area contributed by atoms with E-state index in [9.17, 15) is 24.1 Å². The summed E-state index contributed by atoms with van der Waals surface area (Å²) in [4.78, 5) is 0. The summed E-state index contributed by atoms with van der Waals surface area (Å²) in [6, 6.07) is 0. The highest BCUT2D eigenvalue weighted by Crippen LogP contribution is 2.57. The van der Waals surface area contributed by atoms with Gasteiger partial charge in [-0.1, -0.05) is 63.6 Å². The summed E-state index contributed by atoms with van der Waals surface area (Å²) in [5.74, 6) is -2.76. The van der Waals surface area contributed by atoms with E-state index in [0.29, 0.717) is 25.2 Å². The summed E-state index contributed by atoms with van der Waals surface area (Å²) in [7, 11) is 0. The predicted octanol–water partition coefficient (Wildman–Crippen LogP) is 6.90. The molecule has 2 saturated carbocycles. The SMILES string of the molecule is C=C1/C(=C\C=C2/CCC[C@]3(C)C([C@H](C)CCC(F)(F)C(O)(CC)CC)=CC[C@@H]23)C[C@H](O)C[C@H]1CO. The Morgan fingerprint density at radius 3 is 2.57 bits per heavy atom. The van der Waals surface area contributed by atoms with Gasteiger partial charge in [0.15, 0.2) is 0 Å². The van der Waals surface area contributed by atoms with Crippen molar-refractivity contribution in [3.63, 3.8) is 0 Å². The van der Waals surface area contributed by atoms with Crippen LogP contribution in [0.2, 0.25) is 0 Å². The highest BCUT2D eigenvalue weighted by atomic mass is 19.3. The lowest BCUT2D eigenvalue weighted by atomic mass is 9.62. The summed E-state index contributed by atoms with van der Waals surface area (Å²) >= 11 is 0. The van der Waals surface area contributed by atoms with Gasteiger partial charge in [0.1, 0.15) is 5.60 Å². The van der Waals surface area contributed by atoms with E-state index < -0.39 is 17.6 Å². The minimum absolute atomic E-state index is 0.00261. The van der Waals surface area contributed by atoms with Gasteiger partial charge in [-0.25, -0.2) is 8.78 Å². The average Bonchev–Trinajstić information content (AvgIpc) is 3.19. The molecule has 0 aromatic rings. The number of rotatable bonds is 9. The number of alkyl halides is 2. The summed E-state index contributed by atoms with van der Waals surface area (Å²) in [6.07, 6.45) is 11.5. The van der Waals surface area contributed by atoms with Crippen molar-refractivity contribution in [2.24, 2.45) is 23.2 Å². The fraction of sp³-hybridized carbons (Fsp3) is 0.733. The number of hydrogen-bond donors (Lipinski definition) is 3. The van der Waals surface area contributed by atoms with Crippen LogP contribution in [-0.2, 0) is 0 Å². The van der Waals surface area contributed by atoms with Gasteiger partial charge in [-0.3, -0.25) is 0 Å². The minimum Gasteiger partial charge on any atom is -0.396 e. The normalized spacial score (nSPS) is 33.2. The van der Waals surface area contributed by atoms with E-state index in [0.717, 1.165) is 36.8 Å². The Bertz CT molecular complexity index is 867. The molecule has 3 rings (SSSR count). The Labute approximate surface area is 210 Å². The first-order chi connectivity index (χ1) is 16.4. The Morgan fingerprint density at radius 1 is 1.26 bits per heavy atom. The van der Waals surface area contributed by atoms with Crippen LogP contribution < -0.4 is 0 Å². The first-order valence-electron chi connectivity index (χ1n) is 13.6. The van der Waals surface area contributed by atoms with Gasteiger partial charge in [-0.05, 0) is 86.2 Å². The molecule has 198 valence electrons. The van der Waals surface area contributed by atoms with Crippen molar-refractivity contribution in [3.8, 4) is 0 Å². The van der Waals surface area contributed by atoms with Crippen molar-refractivity contribution in [3.05, 3.63) is 47.1 Å². The van der Waals surface area contributed by atoms with E-state index >= 15 is 0 Å². The molecule has 5 atom stereocenters. The molecule has 0 aromatic heterocycles. The third-order valence-electron chi connectivity index (χ3n) is 9.52. The van der Waals surface area contributed by atoms with E-state index in [4.69, 9.17) is 0 Å². The lowest BCUT2D eigenvalue weighted by Gasteiger charge is -2.43. The van der Waals surface area contributed by atoms with Crippen molar-refractivity contribution in [2.75, 3.05) is 6.61 Å². The third-order valence-corrected chi connectivity index (χ3v) is 9.52. The molecule has 0 aromatic carbocycles. The van der Waals surface area contributed by atoms with Crippen LogP contribution in [0.1, 0.15) is 91.9 Å². The van der Waals surface area contributed by atoms with Crippen LogP contribution in [0, 0.1) is 23.2 Å². The topological polar surface area (TPSA) is 60.7 Å². The van der Waals surface area contributed by atoms with Crippen LogP contribution in [0.15, 0.2) is 47.1 Å². The second-order valence-corrected chi connectivity index (χ2v) is 11.5. The van der Waals surface area contributed by atoms with E-state index in [2.05, 4.69) is 38.7 Å². The maximum Gasteiger partial charge on any atom is 0.276 e. The maximum absolute atomic E-state index is 14.9. The van der Waals surface area contributed by atoms with Crippen molar-refractivity contribution in [1.29, 1.82) is 0 Å². The number of aliphatic hydroxyl groups excluding tert-OH is 2. The van der Waals surface area contributed by atoms with Crippen LogP contribution in [0.5, 0.6) is 0 Å². The first-order valence-corrected chi connectivity index (χ1v) is 13.6. The molecule has 0 amide bonds. The highest BCUT2D eigenvalue weighted by molar-refractivity contribution is 5.39. The smallest absolute Gasteiger partial charge is 0.276 e. The summed E-state index contributed by atoms with van der Waals surface area (Å²) in [5.41, 5.74) is 2.67. The molecule has 3 aliphatic rings. The van der Waals surface area contributed by atoms with E-state index in [1.165, 1.54) is 11.1 Å². The van der Waals surface area contributed by atoms with Crippen molar-refractivity contribution < 1.29 is 24.1 Å². The monoisotopic (exact) mass is 492 g/mol. The zero-order valence-corrected chi connectivity index (χ0v) is 22.1. The van der Waals surface area contributed by atoms with Crippen LogP contribution in [-0.4, -0.2) is 39.6 Å². The lowest BCUT2D eigenvalue weighted by Crippen LogP contribution is -2.47. The standard InChI is InChI=1S/C30H46F2O3/c1-6-29(35,7-2)30(31,32)16-14-20(3)26-12-13-27-22(9-8-15-28(26,27)5)10-11-23-17-25(34)18-24(19-33)21(23)4/h10-12,20,24-25,27,33-35H,4,6-9,13-19H2,1-3,5H3/b22-10+,23-11-/t20-,24+,25+,27+,28-/m1/s1. The second kappa shape index (κ2) is 11.0. The molecule has 2 fully saturated rings. The van der Waals surface area contributed by atoms with Gasteiger partial charge in [0.2, 0.25) is 0 Å². The maximum atomic E-state index is 14.9. The summed E-state index contributed by atoms with van der Waals surface area (Å²) in [5, 5.41) is 30.3. The fourth-order valence-electron chi connectivity index (χ4n) is 6.94. The molecular formula is C30H46F2O3. The zero-order valence-electron chi connectivity index (χ0n) is 22.1. The van der Waals surface area contributed by atoms with Crippen LogP contribution in [0.25, 0.3) is 0 Å². The van der Waals surface area contributed by atoms with E-state index in [1.807, 2.05) is 0 Å². The van der Waals surface area contributed by atoms with Gasteiger partial charge in [0.25, 0.3) is 5.92 Å². The minimum atomic E-state index is -3.09. The van der Waals surface area contributed by atoms with E-state index in [1.54, 1.807) is 13.8 Å². The zero-order chi connectivity index (χ0) is 26.0. The van der Waals surface area contributed by atoms with Crippen molar-refractivity contribution in [2.45, 2.75) is 110 Å². The molecule has 3 aliphatic carbocycles. The molecule has 35 heavy (non-hydrogen) atoms. The Kier molecular flexibility index (Phi) is 8.87. The molecule has 3 nitrogen and oxygen atoms in total. The average molecular weight is 493 g/mol. The van der Waals surface area contributed by atoms with Gasteiger partial charge < -0.3 is 15.3 Å². The predicted molar refractivity (Wildman–Crippen MR) is 138 cm³/mol. The molecule has 0 unspecified atom stereocenters. The second-order valence-electron chi connectivity index (χ2n) is 11.5. The first kappa shape index (κ1) is 28.3. The van der Waals surface area contributed by atoms with Crippen LogP contribution in [0.3, 0.4) is 0 Å². The van der Waals surface area contributed by atoms with Crippen molar-refractivity contribution >= 4 is 0 Å². The molecule has 0 spiro atoms. The Morgan fingerprint density at radius 2 is 1.94 bits per heavy atom. The van der Waals surface area contributed by atoms with Crippen LogP contribution >= 0.6 is 0 Å². The molecular weight excluding hydrogens is 446 g/mol. The number of halogens is 2. The molecule has 0 radical (unpaired) electrons. The number of aliphatic hydroxyl groups is 3. The fourth-order valence-corrected chi connectivity index (χ4v) is 6.94. The molecule has 0 saturated heterocycles. The molecule has 5 heteroatoms. The Balaban J connectivity index is 1.73. The highest BCUT2D eigenvalue weighted by Gasteiger charge is 2.51. The van der Waals surface area contributed by atoms with Crippen molar-refractivity contribution in [1.82, 2.24) is 0 Å². The van der Waals surface area contributed by atoms with Gasteiger partial charge in [-0.15, -0.1) is 0 Å². The van der Waals surface area contributed by atoms with Gasteiger partial charge in [-0.2, -0.15) is 0 Å². The molecule has 0 bridgehead atoms. The molecule has 3 N–H and O–H groups in total. The van der Waals surface area contributed by atoms with Gasteiger partial charge in [0, 0.05) is 12.3 Å². The molecule has 0 heterocycles. The summed E-state index contributed by atoms with van der Waals surface area (Å²) < 4.78 is 29.7. The largest absolute Gasteiger partial charge is 0.396 e. The number of hydrogen-bond acceptors (Lipinski definition) is 3. The van der Waals surface area contributed by atoms with Gasteiger partial charge >= 0.3 is 0 Å². The van der Waals surface area contributed by atoms with Gasteiger partial charge in [0.05, 0.1) is 12.7 Å². The van der Waals surface area contributed by atoms with Crippen LogP contribution in [0.4, 0.5) is 8.78 Å². The number of fused-ring (bicyclic) bond motifs is 1. The Hall–Kier alpha value is -1.30. The van der Waals surface area contributed by atoms with E-state index in [-0.39, 0.29) is 43.1 Å². The summed E-state index contributed by atoms with van der Waals surface area (Å²) in [6.45, 7) is 11.8. The third kappa shape index (κ3) is 5.52. The number of allylic oxidation sites excluding steroid dienone is 5. The molecule has 0 aliphatic heterocycles. The lowest BCUT2D eigenvalue weighted by molar-refractivity contribution is -0.189. The quantitative estimate of drug-likeness (QED) is 0.307.